The van der Waals surface area contributed by atoms with Gasteiger partial charge in [-0.25, -0.2) is 4.79 Å². The summed E-state index contributed by atoms with van der Waals surface area (Å²) in [5.74, 6) is -0.125. The van der Waals surface area contributed by atoms with Gasteiger partial charge in [0.05, 0.1) is 0 Å². The second kappa shape index (κ2) is 4.20. The molecule has 6 nitrogen and oxygen atoms in total. The van der Waals surface area contributed by atoms with E-state index in [1.165, 1.54) is 17.7 Å². The lowest BCUT2D eigenvalue weighted by Crippen LogP contribution is -2.78. The van der Waals surface area contributed by atoms with E-state index in [4.69, 9.17) is 0 Å². The molecule has 2 heterocycles. The Balaban J connectivity index is 1.84. The van der Waals surface area contributed by atoms with Crippen LogP contribution in [0.3, 0.4) is 0 Å². The zero-order valence-electron chi connectivity index (χ0n) is 10.8. The number of amides is 3. The van der Waals surface area contributed by atoms with Crippen LogP contribution in [0.15, 0.2) is 0 Å². The van der Waals surface area contributed by atoms with Crippen LogP contribution in [-0.2, 0) is 4.79 Å². The molecule has 2 aliphatic heterocycles. The number of rotatable bonds is 0. The largest absolute Gasteiger partial charge is 0.327 e. The van der Waals surface area contributed by atoms with Gasteiger partial charge in [0.15, 0.2) is 0 Å². The fourth-order valence-corrected chi connectivity index (χ4v) is 3.37. The highest BCUT2D eigenvalue weighted by atomic mass is 16.2. The van der Waals surface area contributed by atoms with Crippen molar-refractivity contribution in [1.82, 2.24) is 20.4 Å². The Morgan fingerprint density at radius 2 is 1.67 bits per heavy atom. The smallest absolute Gasteiger partial charge is 0.310 e. The lowest BCUT2D eigenvalue weighted by Gasteiger charge is -2.51. The van der Waals surface area contributed by atoms with Crippen molar-refractivity contribution in [2.75, 3.05) is 14.1 Å². The zero-order chi connectivity index (χ0) is 12.9. The minimum Gasteiger partial charge on any atom is -0.310 e. The number of carbonyl (C=O) groups is 2. The third kappa shape index (κ3) is 1.63. The number of urea groups is 1. The van der Waals surface area contributed by atoms with Crippen LogP contribution in [0.25, 0.3) is 0 Å². The molecule has 2 saturated heterocycles. The summed E-state index contributed by atoms with van der Waals surface area (Å²) in [5.41, 5.74) is 0. The summed E-state index contributed by atoms with van der Waals surface area (Å²) in [7, 11) is 3.30. The molecule has 3 aliphatic rings. The zero-order valence-corrected chi connectivity index (χ0v) is 10.8. The van der Waals surface area contributed by atoms with E-state index >= 15 is 0 Å². The third-order valence-electron chi connectivity index (χ3n) is 4.46. The van der Waals surface area contributed by atoms with Gasteiger partial charge in [0.2, 0.25) is 0 Å². The summed E-state index contributed by atoms with van der Waals surface area (Å²) in [5, 5.41) is 6.92. The van der Waals surface area contributed by atoms with Crippen LogP contribution in [0.1, 0.15) is 25.7 Å². The van der Waals surface area contributed by atoms with Crippen LogP contribution in [-0.4, -0.2) is 60.1 Å². The van der Waals surface area contributed by atoms with Gasteiger partial charge in [-0.15, -0.1) is 0 Å². The number of likely N-dealkylation sites (N-methyl/N-ethyl adjacent to an activating group) is 2. The second-order valence-corrected chi connectivity index (χ2v) is 5.54. The molecule has 0 radical (unpaired) electrons. The van der Waals surface area contributed by atoms with Crippen LogP contribution in [0.2, 0.25) is 0 Å². The molecule has 6 heteroatoms. The Morgan fingerprint density at radius 1 is 1.06 bits per heavy atom. The molecule has 18 heavy (non-hydrogen) atoms. The van der Waals surface area contributed by atoms with Crippen molar-refractivity contribution in [2.24, 2.45) is 0 Å². The molecule has 0 aromatic carbocycles. The highest BCUT2D eigenvalue weighted by molar-refractivity contribution is 6.00. The number of nitrogens with one attached hydrogen (secondary N) is 2. The highest BCUT2D eigenvalue weighted by Gasteiger charge is 2.48. The molecule has 0 aromatic heterocycles. The van der Waals surface area contributed by atoms with Crippen LogP contribution >= 0.6 is 0 Å². The Bertz CT molecular complexity index is 386. The van der Waals surface area contributed by atoms with Crippen molar-refractivity contribution in [3.63, 3.8) is 0 Å². The van der Waals surface area contributed by atoms with Gasteiger partial charge < -0.3 is 4.90 Å². The van der Waals surface area contributed by atoms with Crippen LogP contribution in [0.5, 0.6) is 0 Å². The van der Waals surface area contributed by atoms with E-state index in [1.807, 2.05) is 0 Å². The maximum Gasteiger partial charge on any atom is 0.327 e. The lowest BCUT2D eigenvalue weighted by molar-refractivity contribution is -0.137. The summed E-state index contributed by atoms with van der Waals surface area (Å²) < 4.78 is 0. The Labute approximate surface area is 107 Å². The maximum atomic E-state index is 12.2. The molecule has 100 valence electrons. The summed E-state index contributed by atoms with van der Waals surface area (Å²) in [6.07, 6.45) is 4.45. The first-order chi connectivity index (χ1) is 8.59. The number of nitrogens with zero attached hydrogens (tertiary/aromatic N) is 2. The van der Waals surface area contributed by atoms with Crippen molar-refractivity contribution < 1.29 is 9.59 Å². The molecule has 0 spiro atoms. The molecular formula is C12H20N4O2. The standard InChI is InChI=1S/C12H20N4O2/c1-15-10-9(11(17)16(2)12(15)18)13-7-5-3-4-6-8(7)14-10/h7-10,13-14H,3-6H2,1-2H3. The quantitative estimate of drug-likeness (QED) is 0.622. The summed E-state index contributed by atoms with van der Waals surface area (Å²) in [6, 6.07) is 0.201. The van der Waals surface area contributed by atoms with Crippen molar-refractivity contribution in [3.8, 4) is 0 Å². The minimum atomic E-state index is -0.308. The second-order valence-electron chi connectivity index (χ2n) is 5.54. The first-order valence-electron chi connectivity index (χ1n) is 6.66. The van der Waals surface area contributed by atoms with E-state index in [-0.39, 0.29) is 24.1 Å². The predicted octanol–water partition coefficient (Wildman–Crippen LogP) is -0.291. The van der Waals surface area contributed by atoms with E-state index in [0.717, 1.165) is 12.8 Å². The summed E-state index contributed by atoms with van der Waals surface area (Å²) in [4.78, 5) is 26.9. The van der Waals surface area contributed by atoms with Crippen molar-refractivity contribution in [1.29, 1.82) is 0 Å². The molecule has 4 atom stereocenters. The van der Waals surface area contributed by atoms with Gasteiger partial charge in [0.25, 0.3) is 5.91 Å². The number of carbonyl (C=O) groups excluding carboxylic acids is 2. The van der Waals surface area contributed by atoms with Gasteiger partial charge in [-0.2, -0.15) is 0 Å². The van der Waals surface area contributed by atoms with Crippen LogP contribution < -0.4 is 10.6 Å². The van der Waals surface area contributed by atoms with E-state index in [0.29, 0.717) is 12.1 Å². The van der Waals surface area contributed by atoms with Crippen molar-refractivity contribution in [3.05, 3.63) is 0 Å². The number of fused-ring (bicyclic) bond motifs is 2. The van der Waals surface area contributed by atoms with Crippen molar-refractivity contribution >= 4 is 11.9 Å². The average molecular weight is 252 g/mol. The Hall–Kier alpha value is -1.14. The topological polar surface area (TPSA) is 64.7 Å². The monoisotopic (exact) mass is 252 g/mol. The van der Waals surface area contributed by atoms with Gasteiger partial charge in [-0.1, -0.05) is 12.8 Å². The minimum absolute atomic E-state index is 0.125. The number of hydrogen-bond donors (Lipinski definition) is 2. The van der Waals surface area contributed by atoms with Crippen LogP contribution in [0, 0.1) is 0 Å². The van der Waals surface area contributed by atoms with E-state index in [9.17, 15) is 9.59 Å². The average Bonchev–Trinajstić information content (AvgIpc) is 2.41. The molecule has 3 rings (SSSR count). The molecule has 0 aromatic rings. The molecule has 1 aliphatic carbocycles. The number of piperazine rings is 1. The fourth-order valence-electron chi connectivity index (χ4n) is 3.37. The highest BCUT2D eigenvalue weighted by Crippen LogP contribution is 2.26. The lowest BCUT2D eigenvalue weighted by atomic mass is 9.86. The normalized spacial score (nSPS) is 40.6. The van der Waals surface area contributed by atoms with Gasteiger partial charge >= 0.3 is 6.03 Å². The van der Waals surface area contributed by atoms with Gasteiger partial charge in [0.1, 0.15) is 12.2 Å². The summed E-state index contributed by atoms with van der Waals surface area (Å²) >= 11 is 0. The van der Waals surface area contributed by atoms with Gasteiger partial charge in [-0.3, -0.25) is 20.3 Å². The van der Waals surface area contributed by atoms with E-state index < -0.39 is 0 Å². The number of hydrogen-bond acceptors (Lipinski definition) is 4. The first-order valence-corrected chi connectivity index (χ1v) is 6.66. The first kappa shape index (κ1) is 11.9. The summed E-state index contributed by atoms with van der Waals surface area (Å²) in [6.45, 7) is 0. The maximum absolute atomic E-state index is 12.2. The fraction of sp³-hybridized carbons (Fsp3) is 0.833. The van der Waals surface area contributed by atoms with Crippen molar-refractivity contribution in [2.45, 2.75) is 50.0 Å². The molecular weight excluding hydrogens is 232 g/mol. The molecule has 2 N–H and O–H groups in total. The molecule has 1 saturated carbocycles. The number of imide groups is 1. The Morgan fingerprint density at radius 3 is 2.33 bits per heavy atom. The van der Waals surface area contributed by atoms with Crippen LogP contribution in [0.4, 0.5) is 4.79 Å². The van der Waals surface area contributed by atoms with Gasteiger partial charge in [0, 0.05) is 26.2 Å². The Kier molecular flexibility index (Phi) is 2.79. The third-order valence-corrected chi connectivity index (χ3v) is 4.46. The molecule has 3 amide bonds. The van der Waals surface area contributed by atoms with E-state index in [1.54, 1.807) is 19.0 Å². The van der Waals surface area contributed by atoms with Gasteiger partial charge in [-0.05, 0) is 12.8 Å². The molecule has 0 bridgehead atoms. The molecule has 3 fully saturated rings. The molecule has 4 unspecified atom stereocenters. The predicted molar refractivity (Wildman–Crippen MR) is 65.8 cm³/mol. The van der Waals surface area contributed by atoms with E-state index in [2.05, 4.69) is 10.6 Å². The SMILES string of the molecule is CN1C(=O)C2NC3CCCCC3NC2N(C)C1=O.